The summed E-state index contributed by atoms with van der Waals surface area (Å²) < 4.78 is 38.7. The summed E-state index contributed by atoms with van der Waals surface area (Å²) in [7, 11) is 0. The fraction of sp³-hybridized carbons (Fsp3) is 0.421. The molecule has 1 unspecified atom stereocenters. The normalized spacial score (nSPS) is 14.0. The molecule has 0 radical (unpaired) electrons. The number of alkyl halides is 3. The fourth-order valence-corrected chi connectivity index (χ4v) is 3.57. The van der Waals surface area contributed by atoms with E-state index in [-0.39, 0.29) is 24.3 Å². The van der Waals surface area contributed by atoms with Crippen molar-refractivity contribution in [2.24, 2.45) is 5.92 Å². The third-order valence-electron chi connectivity index (χ3n) is 4.11. The van der Waals surface area contributed by atoms with E-state index in [1.165, 1.54) is 12.1 Å². The van der Waals surface area contributed by atoms with Gasteiger partial charge in [-0.3, -0.25) is 14.9 Å². The van der Waals surface area contributed by atoms with Gasteiger partial charge in [-0.1, -0.05) is 26.0 Å². The molecule has 0 saturated heterocycles. The predicted octanol–water partition coefficient (Wildman–Crippen LogP) is 3.91. The van der Waals surface area contributed by atoms with Gasteiger partial charge in [0, 0.05) is 17.4 Å². The van der Waals surface area contributed by atoms with E-state index in [4.69, 9.17) is 0 Å². The van der Waals surface area contributed by atoms with Crippen molar-refractivity contribution in [2.75, 3.05) is 0 Å². The summed E-state index contributed by atoms with van der Waals surface area (Å²) >= 11 is 1.10. The Morgan fingerprint density at radius 3 is 2.38 bits per heavy atom. The maximum atomic E-state index is 12.9. The lowest BCUT2D eigenvalue weighted by molar-refractivity contribution is -0.143. The molecule has 0 saturated carbocycles. The van der Waals surface area contributed by atoms with Crippen molar-refractivity contribution >= 4 is 23.3 Å². The average molecular weight is 430 g/mol. The molecule has 158 valence electrons. The van der Waals surface area contributed by atoms with Gasteiger partial charge in [-0.05, 0) is 24.5 Å². The van der Waals surface area contributed by atoms with Crippen LogP contribution in [-0.2, 0) is 22.2 Å². The van der Waals surface area contributed by atoms with Crippen LogP contribution in [0, 0.1) is 5.92 Å². The minimum Gasteiger partial charge on any atom is -0.480 e. The zero-order chi connectivity index (χ0) is 21.8. The van der Waals surface area contributed by atoms with Gasteiger partial charge < -0.3 is 10.2 Å². The van der Waals surface area contributed by atoms with Gasteiger partial charge in [-0.15, -0.1) is 11.3 Å². The average Bonchev–Trinajstić information content (AvgIpc) is 3.08. The van der Waals surface area contributed by atoms with Crippen LogP contribution < -0.4 is 5.32 Å². The number of nitrogens with zero attached hydrogens (tertiary/aromatic N) is 1. The molecule has 1 aromatic carbocycles. The van der Waals surface area contributed by atoms with Crippen molar-refractivity contribution in [1.82, 2.24) is 10.3 Å². The lowest BCUT2D eigenvalue weighted by atomic mass is 10.0. The molecule has 6 nitrogen and oxygen atoms in total. The highest BCUT2D eigenvalue weighted by Crippen LogP contribution is 2.33. The number of carboxylic acids is 2. The molecule has 1 aromatic heterocycles. The molecule has 0 bridgehead atoms. The Kier molecular flexibility index (Phi) is 7.37. The fourth-order valence-electron chi connectivity index (χ4n) is 2.74. The maximum Gasteiger partial charge on any atom is 0.416 e. The van der Waals surface area contributed by atoms with Gasteiger partial charge in [-0.25, -0.2) is 4.98 Å². The Bertz CT molecular complexity index is 867. The molecule has 10 heteroatoms. The molecule has 2 rings (SSSR count). The first-order valence-electron chi connectivity index (χ1n) is 8.81. The Labute approximate surface area is 169 Å². The molecule has 3 N–H and O–H groups in total. The smallest absolute Gasteiger partial charge is 0.416 e. The number of halogens is 3. The van der Waals surface area contributed by atoms with Crippen LogP contribution in [0.1, 0.15) is 31.5 Å². The van der Waals surface area contributed by atoms with E-state index in [2.05, 4.69) is 10.3 Å². The van der Waals surface area contributed by atoms with Crippen molar-refractivity contribution in [3.63, 3.8) is 0 Å². The molecule has 29 heavy (non-hydrogen) atoms. The summed E-state index contributed by atoms with van der Waals surface area (Å²) in [5, 5.41) is 23.3. The summed E-state index contributed by atoms with van der Waals surface area (Å²) in [4.78, 5) is 27.2. The van der Waals surface area contributed by atoms with E-state index >= 15 is 0 Å². The summed E-state index contributed by atoms with van der Waals surface area (Å²) in [5.41, 5.74) is -0.162. The zero-order valence-corrected chi connectivity index (χ0v) is 16.5. The molecule has 0 aliphatic heterocycles. The quantitative estimate of drug-likeness (QED) is 0.558. The highest BCUT2D eigenvalue weighted by molar-refractivity contribution is 7.13. The second-order valence-corrected chi connectivity index (χ2v) is 7.86. The minimum atomic E-state index is -4.48. The lowest BCUT2D eigenvalue weighted by Crippen LogP contribution is -2.48. The first-order valence-corrected chi connectivity index (χ1v) is 9.69. The van der Waals surface area contributed by atoms with Gasteiger partial charge >= 0.3 is 18.1 Å². The van der Waals surface area contributed by atoms with Crippen LogP contribution in [0.25, 0.3) is 10.6 Å². The number of nitrogens with one attached hydrogen (secondary N) is 1. The van der Waals surface area contributed by atoms with Gasteiger partial charge in [0.25, 0.3) is 0 Å². The maximum absolute atomic E-state index is 12.9. The van der Waals surface area contributed by atoms with Gasteiger partial charge in [-0.2, -0.15) is 13.2 Å². The third kappa shape index (κ3) is 6.53. The number of rotatable bonds is 9. The van der Waals surface area contributed by atoms with Crippen LogP contribution in [0.2, 0.25) is 0 Å². The van der Waals surface area contributed by atoms with Gasteiger partial charge in [0.1, 0.15) is 17.1 Å². The largest absolute Gasteiger partial charge is 0.480 e. The number of aromatic nitrogens is 1. The topological polar surface area (TPSA) is 99.5 Å². The second kappa shape index (κ2) is 9.36. The van der Waals surface area contributed by atoms with Crippen molar-refractivity contribution in [3.8, 4) is 10.6 Å². The minimum absolute atomic E-state index is 0.0461. The number of aliphatic carboxylic acids is 2. The number of carbonyl (C=O) groups is 2. The van der Waals surface area contributed by atoms with Crippen LogP contribution in [0.4, 0.5) is 13.2 Å². The van der Waals surface area contributed by atoms with E-state index in [0.717, 1.165) is 23.5 Å². The molecule has 2 atom stereocenters. The number of hydrogen-bond donors (Lipinski definition) is 3. The van der Waals surface area contributed by atoms with E-state index in [9.17, 15) is 33.0 Å². The first kappa shape index (κ1) is 22.8. The lowest BCUT2D eigenvalue weighted by Gasteiger charge is -2.21. The Hall–Kier alpha value is -2.46. The summed E-state index contributed by atoms with van der Waals surface area (Å²) in [6, 6.07) is 2.50. The molecular formula is C19H21F3N2O4S. The standard InChI is InChI=1S/C19H21F3N2O4S/c1-10(2)6-14(17(25)26)24-15(18(27)28)8-13-9-29-16(23-13)11-4-3-5-12(7-11)19(20,21)22/h3-5,7,9-10,14-15,24H,6,8H2,1-2H3,(H,25,26)(H,27,28)/t14?,15-/m0/s1. The van der Waals surface area contributed by atoms with Gasteiger partial charge in [0.05, 0.1) is 11.3 Å². The van der Waals surface area contributed by atoms with Crippen LogP contribution in [0.15, 0.2) is 29.6 Å². The molecule has 0 fully saturated rings. The zero-order valence-electron chi connectivity index (χ0n) is 15.7. The van der Waals surface area contributed by atoms with Crippen LogP contribution in [0.5, 0.6) is 0 Å². The Morgan fingerprint density at radius 2 is 1.83 bits per heavy atom. The highest BCUT2D eigenvalue weighted by Gasteiger charge is 2.31. The van der Waals surface area contributed by atoms with Crippen molar-refractivity contribution in [3.05, 3.63) is 40.9 Å². The van der Waals surface area contributed by atoms with Crippen LogP contribution >= 0.6 is 11.3 Å². The summed E-state index contributed by atoms with van der Waals surface area (Å²) in [5.74, 6) is -2.33. The second-order valence-electron chi connectivity index (χ2n) is 7.00. The summed E-state index contributed by atoms with van der Waals surface area (Å²) in [6.07, 6.45) is -4.31. The Morgan fingerprint density at radius 1 is 1.17 bits per heavy atom. The summed E-state index contributed by atoms with van der Waals surface area (Å²) in [6.45, 7) is 3.66. The van der Waals surface area contributed by atoms with E-state index in [1.54, 1.807) is 5.38 Å². The van der Waals surface area contributed by atoms with Crippen molar-refractivity contribution < 1.29 is 33.0 Å². The monoisotopic (exact) mass is 430 g/mol. The molecule has 0 aliphatic carbocycles. The molecule has 0 aliphatic rings. The predicted molar refractivity (Wildman–Crippen MR) is 102 cm³/mol. The molecular weight excluding hydrogens is 409 g/mol. The van der Waals surface area contributed by atoms with Crippen molar-refractivity contribution in [2.45, 2.75) is 44.9 Å². The first-order chi connectivity index (χ1) is 13.5. The Balaban J connectivity index is 2.18. The number of thiazole rings is 1. The van der Waals surface area contributed by atoms with Crippen molar-refractivity contribution in [1.29, 1.82) is 0 Å². The number of carboxylic acid groups (broad SMARTS) is 2. The number of benzene rings is 1. The third-order valence-corrected chi connectivity index (χ3v) is 5.05. The number of hydrogen-bond acceptors (Lipinski definition) is 5. The molecule has 0 spiro atoms. The van der Waals surface area contributed by atoms with E-state index < -0.39 is 35.8 Å². The molecule has 2 aromatic rings. The van der Waals surface area contributed by atoms with E-state index in [0.29, 0.717) is 10.7 Å². The highest BCUT2D eigenvalue weighted by atomic mass is 32.1. The van der Waals surface area contributed by atoms with Gasteiger partial charge in [0.2, 0.25) is 0 Å². The van der Waals surface area contributed by atoms with E-state index in [1.807, 2.05) is 13.8 Å². The van der Waals surface area contributed by atoms with Crippen LogP contribution in [-0.4, -0.2) is 39.2 Å². The molecule has 1 heterocycles. The van der Waals surface area contributed by atoms with Gasteiger partial charge in [0.15, 0.2) is 0 Å². The van der Waals surface area contributed by atoms with Crippen LogP contribution in [0.3, 0.4) is 0 Å². The SMILES string of the molecule is CC(C)CC(N[C@@H](Cc1csc(-c2cccc(C(F)(F)F)c2)n1)C(=O)O)C(=O)O. The molecule has 0 amide bonds.